The number of hydrogen-bond donors (Lipinski definition) is 0. The second-order valence-corrected chi connectivity index (χ2v) is 7.44. The third-order valence-corrected chi connectivity index (χ3v) is 5.92. The molecule has 0 heterocycles. The van der Waals surface area contributed by atoms with Crippen molar-refractivity contribution in [3.63, 3.8) is 0 Å². The predicted molar refractivity (Wildman–Crippen MR) is 90.3 cm³/mol. The van der Waals surface area contributed by atoms with Gasteiger partial charge in [0.05, 0.1) is 13.2 Å². The maximum absolute atomic E-state index is 11.4. The second-order valence-electron chi connectivity index (χ2n) is 7.44. The standard InChI is InChI=1S/C19H32O5/c1-12-7-10-17(24-14(3)20)16-9-8-15(19(12)16)13(2)23-11-5-6-18(21)22-4/h12-13,15-17,19H,5-11H2,1-4H3. The van der Waals surface area contributed by atoms with Gasteiger partial charge in [-0.2, -0.15) is 0 Å². The maximum Gasteiger partial charge on any atom is 0.305 e. The Morgan fingerprint density at radius 1 is 1.17 bits per heavy atom. The summed E-state index contributed by atoms with van der Waals surface area (Å²) in [4.78, 5) is 22.5. The molecule has 0 amide bonds. The summed E-state index contributed by atoms with van der Waals surface area (Å²) in [5.41, 5.74) is 0. The van der Waals surface area contributed by atoms with Crippen molar-refractivity contribution in [2.45, 2.75) is 71.5 Å². The summed E-state index contributed by atoms with van der Waals surface area (Å²) in [5.74, 6) is 1.86. The Labute approximate surface area is 145 Å². The van der Waals surface area contributed by atoms with Crippen LogP contribution in [-0.4, -0.2) is 37.9 Å². The van der Waals surface area contributed by atoms with E-state index in [0.29, 0.717) is 43.1 Å². The number of fused-ring (bicyclic) bond motifs is 1. The zero-order chi connectivity index (χ0) is 17.7. The van der Waals surface area contributed by atoms with Crippen LogP contribution in [0.5, 0.6) is 0 Å². The summed E-state index contributed by atoms with van der Waals surface area (Å²) in [7, 11) is 1.41. The highest BCUT2D eigenvalue weighted by atomic mass is 16.5. The molecule has 5 heteroatoms. The highest BCUT2D eigenvalue weighted by Gasteiger charge is 2.48. The van der Waals surface area contributed by atoms with Crippen molar-refractivity contribution in [3.8, 4) is 0 Å². The minimum atomic E-state index is -0.183. The lowest BCUT2D eigenvalue weighted by Gasteiger charge is -2.41. The minimum Gasteiger partial charge on any atom is -0.469 e. The van der Waals surface area contributed by atoms with Gasteiger partial charge in [-0.1, -0.05) is 6.92 Å². The van der Waals surface area contributed by atoms with Crippen LogP contribution in [0.1, 0.15) is 59.3 Å². The van der Waals surface area contributed by atoms with E-state index in [2.05, 4.69) is 18.6 Å². The first-order valence-corrected chi connectivity index (χ1v) is 9.29. The van der Waals surface area contributed by atoms with Crippen molar-refractivity contribution in [1.82, 2.24) is 0 Å². The molecule has 0 aliphatic heterocycles. The van der Waals surface area contributed by atoms with Crippen molar-refractivity contribution < 1.29 is 23.8 Å². The quantitative estimate of drug-likeness (QED) is 0.525. The van der Waals surface area contributed by atoms with Crippen LogP contribution in [0.25, 0.3) is 0 Å². The maximum atomic E-state index is 11.4. The van der Waals surface area contributed by atoms with Crippen LogP contribution in [0.3, 0.4) is 0 Å². The number of hydrogen-bond acceptors (Lipinski definition) is 5. The molecule has 5 nitrogen and oxygen atoms in total. The summed E-state index contributed by atoms with van der Waals surface area (Å²) >= 11 is 0. The molecule has 0 aromatic heterocycles. The van der Waals surface area contributed by atoms with Gasteiger partial charge in [0.15, 0.2) is 0 Å². The number of rotatable bonds is 7. The number of ether oxygens (including phenoxy) is 3. The molecule has 2 aliphatic rings. The first-order valence-electron chi connectivity index (χ1n) is 9.29. The van der Waals surface area contributed by atoms with Gasteiger partial charge in [-0.25, -0.2) is 0 Å². The molecule has 0 saturated heterocycles. The molecule has 2 aliphatic carbocycles. The molecular formula is C19H32O5. The topological polar surface area (TPSA) is 61.8 Å². The van der Waals surface area contributed by atoms with Crippen LogP contribution in [0, 0.1) is 23.7 Å². The summed E-state index contributed by atoms with van der Waals surface area (Å²) in [6, 6.07) is 0. The van der Waals surface area contributed by atoms with E-state index in [4.69, 9.17) is 9.47 Å². The highest BCUT2D eigenvalue weighted by Crippen LogP contribution is 2.51. The monoisotopic (exact) mass is 340 g/mol. The molecule has 6 atom stereocenters. The van der Waals surface area contributed by atoms with Gasteiger partial charge in [-0.3, -0.25) is 9.59 Å². The molecule has 0 aromatic rings. The Morgan fingerprint density at radius 3 is 2.58 bits per heavy atom. The highest BCUT2D eigenvalue weighted by molar-refractivity contribution is 5.69. The van der Waals surface area contributed by atoms with E-state index >= 15 is 0 Å². The molecule has 24 heavy (non-hydrogen) atoms. The molecule has 0 radical (unpaired) electrons. The Hall–Kier alpha value is -1.10. The summed E-state index contributed by atoms with van der Waals surface area (Å²) in [6.45, 7) is 6.57. The van der Waals surface area contributed by atoms with E-state index in [1.54, 1.807) is 0 Å². The van der Waals surface area contributed by atoms with Crippen molar-refractivity contribution in [2.75, 3.05) is 13.7 Å². The van der Waals surface area contributed by atoms with Crippen LogP contribution >= 0.6 is 0 Å². The Bertz CT molecular complexity index is 435. The minimum absolute atomic E-state index is 0.0835. The van der Waals surface area contributed by atoms with Crippen LogP contribution in [0.4, 0.5) is 0 Å². The Kier molecular flexibility index (Phi) is 7.08. The van der Waals surface area contributed by atoms with Crippen LogP contribution in [0.15, 0.2) is 0 Å². The smallest absolute Gasteiger partial charge is 0.305 e. The SMILES string of the molecule is COC(=O)CCCOC(C)C1CCC2C(OC(C)=O)CCC(C)C12. The third kappa shape index (κ3) is 4.71. The fraction of sp³-hybridized carbons (Fsp3) is 0.895. The van der Waals surface area contributed by atoms with Gasteiger partial charge >= 0.3 is 11.9 Å². The van der Waals surface area contributed by atoms with E-state index in [0.717, 1.165) is 25.7 Å². The van der Waals surface area contributed by atoms with Gasteiger partial charge in [0, 0.05) is 20.0 Å². The van der Waals surface area contributed by atoms with Crippen molar-refractivity contribution in [3.05, 3.63) is 0 Å². The first-order chi connectivity index (χ1) is 11.4. The average molecular weight is 340 g/mol. The van der Waals surface area contributed by atoms with Crippen LogP contribution in [-0.2, 0) is 23.8 Å². The largest absolute Gasteiger partial charge is 0.469 e. The first kappa shape index (κ1) is 19.2. The van der Waals surface area contributed by atoms with E-state index in [1.807, 2.05) is 0 Å². The van der Waals surface area contributed by atoms with Gasteiger partial charge in [0.25, 0.3) is 0 Å². The summed E-state index contributed by atoms with van der Waals surface area (Å²) in [5, 5.41) is 0. The molecule has 0 aromatic carbocycles. The number of esters is 2. The lowest BCUT2D eigenvalue weighted by Crippen LogP contribution is -2.41. The lowest BCUT2D eigenvalue weighted by molar-refractivity contribution is -0.154. The van der Waals surface area contributed by atoms with Crippen molar-refractivity contribution in [1.29, 1.82) is 0 Å². The molecule has 0 spiro atoms. The fourth-order valence-electron chi connectivity index (χ4n) is 4.82. The molecule has 2 saturated carbocycles. The van der Waals surface area contributed by atoms with E-state index in [9.17, 15) is 9.59 Å². The summed E-state index contributed by atoms with van der Waals surface area (Å²) in [6.07, 6.45) is 5.72. The number of carbonyl (C=O) groups excluding carboxylic acids is 2. The van der Waals surface area contributed by atoms with E-state index in [1.165, 1.54) is 14.0 Å². The number of methoxy groups -OCH3 is 1. The molecule has 138 valence electrons. The second kappa shape index (κ2) is 8.84. The Balaban J connectivity index is 1.87. The normalized spacial score (nSPS) is 33.6. The molecule has 6 unspecified atom stereocenters. The third-order valence-electron chi connectivity index (χ3n) is 5.92. The van der Waals surface area contributed by atoms with Crippen LogP contribution < -0.4 is 0 Å². The lowest BCUT2D eigenvalue weighted by atomic mass is 9.69. The van der Waals surface area contributed by atoms with Crippen molar-refractivity contribution >= 4 is 11.9 Å². The molecule has 2 rings (SSSR count). The van der Waals surface area contributed by atoms with Gasteiger partial charge in [-0.15, -0.1) is 0 Å². The Morgan fingerprint density at radius 2 is 1.92 bits per heavy atom. The van der Waals surface area contributed by atoms with Crippen LogP contribution in [0.2, 0.25) is 0 Å². The van der Waals surface area contributed by atoms with Gasteiger partial charge < -0.3 is 14.2 Å². The van der Waals surface area contributed by atoms with Gasteiger partial charge in [0.1, 0.15) is 6.10 Å². The average Bonchev–Trinajstić information content (AvgIpc) is 2.99. The van der Waals surface area contributed by atoms with Crippen molar-refractivity contribution in [2.24, 2.45) is 23.7 Å². The molecular weight excluding hydrogens is 308 g/mol. The molecule has 0 bridgehead atoms. The van der Waals surface area contributed by atoms with Gasteiger partial charge in [0.2, 0.25) is 0 Å². The summed E-state index contributed by atoms with van der Waals surface area (Å²) < 4.78 is 16.3. The molecule has 0 N–H and O–H groups in total. The zero-order valence-electron chi connectivity index (χ0n) is 15.5. The van der Waals surface area contributed by atoms with E-state index in [-0.39, 0.29) is 24.1 Å². The van der Waals surface area contributed by atoms with E-state index < -0.39 is 0 Å². The molecule has 2 fully saturated rings. The zero-order valence-corrected chi connectivity index (χ0v) is 15.5. The van der Waals surface area contributed by atoms with Gasteiger partial charge in [-0.05, 0) is 62.7 Å². The fourth-order valence-corrected chi connectivity index (χ4v) is 4.82. The predicted octanol–water partition coefficient (Wildman–Crippen LogP) is 3.35. The number of carbonyl (C=O) groups is 2.